The predicted molar refractivity (Wildman–Crippen MR) is 114 cm³/mol. The summed E-state index contributed by atoms with van der Waals surface area (Å²) in [6.07, 6.45) is 1.71. The maximum Gasteiger partial charge on any atom is 0.276 e. The summed E-state index contributed by atoms with van der Waals surface area (Å²) in [5.41, 5.74) is 17.5. The topological polar surface area (TPSA) is 182 Å². The molecule has 2 aromatic rings. The van der Waals surface area contributed by atoms with Gasteiger partial charge in [0.1, 0.15) is 6.04 Å². The lowest BCUT2D eigenvalue weighted by molar-refractivity contribution is -0.176. The molecule has 11 nitrogen and oxygen atoms in total. The number of unbranched alkanes of at least 4 members (excludes halogenated alkanes) is 1. The summed E-state index contributed by atoms with van der Waals surface area (Å²) in [6.45, 7) is 0.384. The number of hydrogen-bond acceptors (Lipinski definition) is 8. The molecular formula is C21H28N6O5. The second-order valence-corrected chi connectivity index (χ2v) is 7.78. The molecule has 1 aliphatic heterocycles. The van der Waals surface area contributed by atoms with Gasteiger partial charge < -0.3 is 26.6 Å². The van der Waals surface area contributed by atoms with Crippen molar-refractivity contribution in [2.24, 2.45) is 17.2 Å². The Bertz CT molecular complexity index is 949. The van der Waals surface area contributed by atoms with Gasteiger partial charge in [0, 0.05) is 24.6 Å². The number of hydrogen-bond donors (Lipinski definition) is 4. The normalized spacial score (nSPS) is 19.0. The number of amides is 3. The molecule has 7 N–H and O–H groups in total. The summed E-state index contributed by atoms with van der Waals surface area (Å²) >= 11 is 0. The van der Waals surface area contributed by atoms with E-state index in [4.69, 9.17) is 21.7 Å². The SMILES string of the molecule is NCCCC[C@H](N)C(=O)N(O)[C@H]1C[C@@H](C(N)=O)N(C(=O)c2cc(-c3ccccc3)on2)C1. The number of primary amides is 1. The van der Waals surface area contributed by atoms with Crippen molar-refractivity contribution in [3.63, 3.8) is 0 Å². The molecule has 0 bridgehead atoms. The summed E-state index contributed by atoms with van der Waals surface area (Å²) in [6, 6.07) is 7.82. The van der Waals surface area contributed by atoms with Gasteiger partial charge in [-0.1, -0.05) is 41.9 Å². The zero-order chi connectivity index (χ0) is 23.3. The minimum absolute atomic E-state index is 0.00921. The number of likely N-dealkylation sites (tertiary alicyclic amines) is 1. The largest absolute Gasteiger partial charge is 0.368 e. The third-order valence-corrected chi connectivity index (χ3v) is 5.51. The second kappa shape index (κ2) is 10.4. The van der Waals surface area contributed by atoms with Crippen LogP contribution in [0.3, 0.4) is 0 Å². The van der Waals surface area contributed by atoms with Gasteiger partial charge in [0.05, 0.1) is 12.1 Å². The van der Waals surface area contributed by atoms with Gasteiger partial charge in [-0.15, -0.1) is 0 Å². The van der Waals surface area contributed by atoms with Gasteiger partial charge >= 0.3 is 0 Å². The van der Waals surface area contributed by atoms with Crippen LogP contribution >= 0.6 is 0 Å². The Kier molecular flexibility index (Phi) is 7.57. The molecule has 2 heterocycles. The van der Waals surface area contributed by atoms with Crippen LogP contribution < -0.4 is 17.2 Å². The standard InChI is InChI=1S/C21H28N6O5/c22-9-5-4-8-15(23)20(29)27(31)14-10-17(19(24)28)26(12-14)21(30)16-11-18(32-25-16)13-6-2-1-3-7-13/h1-3,6-7,11,14-15,17,31H,4-5,8-10,12,22-23H2,(H2,24,28)/t14-,15-,17-/m0/s1. The first-order chi connectivity index (χ1) is 15.3. The van der Waals surface area contributed by atoms with E-state index < -0.39 is 35.8 Å². The molecule has 3 atom stereocenters. The van der Waals surface area contributed by atoms with Crippen LogP contribution in [0.2, 0.25) is 0 Å². The van der Waals surface area contributed by atoms with Gasteiger partial charge in [-0.2, -0.15) is 0 Å². The highest BCUT2D eigenvalue weighted by Gasteiger charge is 2.43. The predicted octanol–water partition coefficient (Wildman–Crippen LogP) is 0.0841. The van der Waals surface area contributed by atoms with Crippen LogP contribution in [0.1, 0.15) is 36.2 Å². The molecule has 3 amide bonds. The lowest BCUT2D eigenvalue weighted by Gasteiger charge is -2.25. The maximum atomic E-state index is 13.0. The fraction of sp³-hybridized carbons (Fsp3) is 0.429. The smallest absolute Gasteiger partial charge is 0.276 e. The van der Waals surface area contributed by atoms with E-state index in [1.807, 2.05) is 18.2 Å². The lowest BCUT2D eigenvalue weighted by atomic mass is 10.1. The number of aromatic nitrogens is 1. The van der Waals surface area contributed by atoms with Gasteiger partial charge in [0.25, 0.3) is 11.8 Å². The number of benzene rings is 1. The molecule has 0 radical (unpaired) electrons. The minimum Gasteiger partial charge on any atom is -0.368 e. The molecule has 1 aromatic carbocycles. The molecule has 1 saturated heterocycles. The van der Waals surface area contributed by atoms with Crippen LogP contribution in [0.25, 0.3) is 11.3 Å². The van der Waals surface area contributed by atoms with Crippen molar-refractivity contribution in [1.82, 2.24) is 15.1 Å². The molecule has 11 heteroatoms. The van der Waals surface area contributed by atoms with Crippen LogP contribution in [-0.4, -0.2) is 69.3 Å². The second-order valence-electron chi connectivity index (χ2n) is 7.78. The Morgan fingerprint density at radius 3 is 2.62 bits per heavy atom. The van der Waals surface area contributed by atoms with E-state index in [2.05, 4.69) is 5.16 Å². The van der Waals surface area contributed by atoms with Gasteiger partial charge in [-0.25, -0.2) is 5.06 Å². The van der Waals surface area contributed by atoms with Gasteiger partial charge in [0.15, 0.2) is 11.5 Å². The molecular weight excluding hydrogens is 416 g/mol. The van der Waals surface area contributed by atoms with Gasteiger partial charge in [-0.05, 0) is 19.4 Å². The monoisotopic (exact) mass is 444 g/mol. The van der Waals surface area contributed by atoms with Crippen molar-refractivity contribution < 1.29 is 24.1 Å². The molecule has 0 unspecified atom stereocenters. The number of nitrogens with two attached hydrogens (primary N) is 3. The fourth-order valence-electron chi connectivity index (χ4n) is 3.73. The molecule has 1 fully saturated rings. The molecule has 172 valence electrons. The maximum absolute atomic E-state index is 13.0. The van der Waals surface area contributed by atoms with E-state index in [-0.39, 0.29) is 18.7 Å². The highest BCUT2D eigenvalue weighted by molar-refractivity contribution is 5.97. The van der Waals surface area contributed by atoms with E-state index in [1.165, 1.54) is 11.0 Å². The first kappa shape index (κ1) is 23.4. The van der Waals surface area contributed by atoms with Crippen LogP contribution in [0.5, 0.6) is 0 Å². The van der Waals surface area contributed by atoms with E-state index in [0.29, 0.717) is 36.6 Å². The third kappa shape index (κ3) is 5.13. The van der Waals surface area contributed by atoms with Crippen molar-refractivity contribution in [2.75, 3.05) is 13.1 Å². The summed E-state index contributed by atoms with van der Waals surface area (Å²) in [5, 5.41) is 14.7. The molecule has 32 heavy (non-hydrogen) atoms. The van der Waals surface area contributed by atoms with Crippen LogP contribution in [0, 0.1) is 0 Å². The first-order valence-electron chi connectivity index (χ1n) is 10.4. The Labute approximate surface area is 185 Å². The first-order valence-corrected chi connectivity index (χ1v) is 10.4. The summed E-state index contributed by atoms with van der Waals surface area (Å²) in [5.74, 6) is -1.63. The number of carbonyl (C=O) groups is 3. The molecule has 0 saturated carbocycles. The number of hydroxylamine groups is 2. The van der Waals surface area contributed by atoms with Crippen molar-refractivity contribution in [3.05, 3.63) is 42.1 Å². The summed E-state index contributed by atoms with van der Waals surface area (Å²) < 4.78 is 5.26. The van der Waals surface area contributed by atoms with E-state index in [1.54, 1.807) is 12.1 Å². The minimum atomic E-state index is -1.01. The lowest BCUT2D eigenvalue weighted by Crippen LogP contribution is -2.48. The average Bonchev–Trinajstić information content (AvgIpc) is 3.46. The third-order valence-electron chi connectivity index (χ3n) is 5.51. The van der Waals surface area contributed by atoms with Crippen molar-refractivity contribution in [1.29, 1.82) is 0 Å². The Hall–Kier alpha value is -3.28. The van der Waals surface area contributed by atoms with E-state index in [0.717, 1.165) is 5.56 Å². The zero-order valence-electron chi connectivity index (χ0n) is 17.6. The molecule has 1 aromatic heterocycles. The molecule has 0 aliphatic carbocycles. The Morgan fingerprint density at radius 1 is 1.25 bits per heavy atom. The van der Waals surface area contributed by atoms with Crippen molar-refractivity contribution in [2.45, 2.75) is 43.8 Å². The van der Waals surface area contributed by atoms with Crippen LogP contribution in [0.4, 0.5) is 0 Å². The summed E-state index contributed by atoms with van der Waals surface area (Å²) in [7, 11) is 0. The quantitative estimate of drug-likeness (QED) is 0.238. The van der Waals surface area contributed by atoms with Gasteiger partial charge in [-0.3, -0.25) is 19.6 Å². The fourth-order valence-corrected chi connectivity index (χ4v) is 3.73. The van der Waals surface area contributed by atoms with Crippen LogP contribution in [0.15, 0.2) is 40.9 Å². The van der Waals surface area contributed by atoms with E-state index in [9.17, 15) is 19.6 Å². The van der Waals surface area contributed by atoms with Crippen LogP contribution in [-0.2, 0) is 9.59 Å². The van der Waals surface area contributed by atoms with E-state index >= 15 is 0 Å². The van der Waals surface area contributed by atoms with Crippen molar-refractivity contribution in [3.8, 4) is 11.3 Å². The summed E-state index contributed by atoms with van der Waals surface area (Å²) in [4.78, 5) is 38.7. The number of nitrogens with zero attached hydrogens (tertiary/aromatic N) is 3. The highest BCUT2D eigenvalue weighted by Crippen LogP contribution is 2.26. The Morgan fingerprint density at radius 2 is 1.97 bits per heavy atom. The zero-order valence-corrected chi connectivity index (χ0v) is 17.6. The van der Waals surface area contributed by atoms with Gasteiger partial charge in [0.2, 0.25) is 5.91 Å². The van der Waals surface area contributed by atoms with Crippen molar-refractivity contribution >= 4 is 17.7 Å². The average molecular weight is 444 g/mol. The molecule has 0 spiro atoms. The molecule has 1 aliphatic rings. The number of carbonyl (C=O) groups excluding carboxylic acids is 3. The molecule has 3 rings (SSSR count). The Balaban J connectivity index is 1.71. The number of rotatable bonds is 9. The highest BCUT2D eigenvalue weighted by atomic mass is 16.5.